The molecule has 8 heteroatoms. The molecular formula is C13H10ClN3O4. The van der Waals surface area contributed by atoms with Crippen molar-refractivity contribution in [3.05, 3.63) is 67.1 Å². The lowest BCUT2D eigenvalue weighted by Crippen LogP contribution is -2.19. The first kappa shape index (κ1) is 14.7. The van der Waals surface area contributed by atoms with Crippen molar-refractivity contribution in [2.75, 3.05) is 5.32 Å². The molecule has 1 aromatic heterocycles. The number of benzene rings is 1. The van der Waals surface area contributed by atoms with Gasteiger partial charge in [-0.1, -0.05) is 11.6 Å². The Balaban J connectivity index is 2.29. The number of aromatic amines is 1. The summed E-state index contributed by atoms with van der Waals surface area (Å²) in [5.74, 6) is -0.581. The highest BCUT2D eigenvalue weighted by Gasteiger charge is 2.16. The number of hydrogen-bond donors (Lipinski definition) is 2. The van der Waals surface area contributed by atoms with Crippen LogP contribution in [0.1, 0.15) is 15.9 Å². The molecule has 0 aliphatic heterocycles. The van der Waals surface area contributed by atoms with Crippen molar-refractivity contribution in [3.63, 3.8) is 0 Å². The molecule has 1 heterocycles. The molecule has 0 atom stereocenters. The highest BCUT2D eigenvalue weighted by atomic mass is 35.5. The van der Waals surface area contributed by atoms with Gasteiger partial charge in [0.25, 0.3) is 17.2 Å². The number of rotatable bonds is 3. The van der Waals surface area contributed by atoms with Gasteiger partial charge in [0.15, 0.2) is 0 Å². The minimum atomic E-state index is -0.644. The summed E-state index contributed by atoms with van der Waals surface area (Å²) in [6.07, 6.45) is 1.51. The monoisotopic (exact) mass is 307 g/mol. The maximum Gasteiger partial charge on any atom is 0.287 e. The van der Waals surface area contributed by atoms with E-state index in [1.165, 1.54) is 24.4 Å². The second-order valence-electron chi connectivity index (χ2n) is 4.30. The first-order valence-corrected chi connectivity index (χ1v) is 6.21. The molecular weight excluding hydrogens is 298 g/mol. The van der Waals surface area contributed by atoms with Crippen LogP contribution in [0.5, 0.6) is 0 Å². The summed E-state index contributed by atoms with van der Waals surface area (Å²) >= 11 is 5.74. The summed E-state index contributed by atoms with van der Waals surface area (Å²) in [4.78, 5) is 36.1. The van der Waals surface area contributed by atoms with E-state index in [9.17, 15) is 19.7 Å². The fourth-order valence-corrected chi connectivity index (χ4v) is 1.93. The number of H-pyrrole nitrogens is 1. The average molecular weight is 308 g/mol. The van der Waals surface area contributed by atoms with E-state index in [1.807, 2.05) is 0 Å². The molecule has 2 N–H and O–H groups in total. The van der Waals surface area contributed by atoms with E-state index in [2.05, 4.69) is 10.3 Å². The second-order valence-corrected chi connectivity index (χ2v) is 4.70. The largest absolute Gasteiger partial charge is 0.327 e. The molecule has 0 bridgehead atoms. The van der Waals surface area contributed by atoms with E-state index in [0.717, 1.165) is 11.6 Å². The van der Waals surface area contributed by atoms with Gasteiger partial charge in [0, 0.05) is 17.8 Å². The highest BCUT2D eigenvalue weighted by Crippen LogP contribution is 2.25. The molecule has 108 valence electrons. The van der Waals surface area contributed by atoms with Crippen LogP contribution >= 0.6 is 11.6 Å². The SMILES string of the molecule is Cc1c[nH]c(=O)c(NC(=O)c2ccc([N+](=O)[O-])c(Cl)c2)c1. The van der Waals surface area contributed by atoms with Crippen LogP contribution in [0.3, 0.4) is 0 Å². The van der Waals surface area contributed by atoms with Crippen LogP contribution in [-0.4, -0.2) is 15.8 Å². The van der Waals surface area contributed by atoms with Crippen molar-refractivity contribution < 1.29 is 9.72 Å². The Labute approximate surface area is 123 Å². The summed E-state index contributed by atoms with van der Waals surface area (Å²) in [5, 5.41) is 12.9. The number of hydrogen-bond acceptors (Lipinski definition) is 4. The summed E-state index contributed by atoms with van der Waals surface area (Å²) in [6, 6.07) is 5.10. The molecule has 1 aromatic carbocycles. The minimum Gasteiger partial charge on any atom is -0.327 e. The smallest absolute Gasteiger partial charge is 0.287 e. The number of nitrogens with one attached hydrogen (secondary N) is 2. The lowest BCUT2D eigenvalue weighted by atomic mass is 10.2. The molecule has 0 spiro atoms. The highest BCUT2D eigenvalue weighted by molar-refractivity contribution is 6.33. The maximum atomic E-state index is 12.0. The standard InChI is InChI=1S/C13H10ClN3O4/c1-7-4-10(13(19)15-6-7)16-12(18)8-2-3-11(17(20)21)9(14)5-8/h2-6H,1H3,(H,15,19)(H,16,18). The number of nitro benzene ring substituents is 1. The zero-order valence-corrected chi connectivity index (χ0v) is 11.6. The Bertz CT molecular complexity index is 785. The molecule has 0 saturated carbocycles. The summed E-state index contributed by atoms with van der Waals surface area (Å²) in [6.45, 7) is 1.76. The van der Waals surface area contributed by atoms with Crippen LogP contribution in [0.2, 0.25) is 5.02 Å². The number of halogens is 1. The molecule has 7 nitrogen and oxygen atoms in total. The number of nitro groups is 1. The molecule has 0 saturated heterocycles. The van der Waals surface area contributed by atoms with E-state index >= 15 is 0 Å². The molecule has 0 radical (unpaired) electrons. The summed E-state index contributed by atoms with van der Waals surface area (Å²) in [5.41, 5.74) is 0.246. The molecule has 0 aliphatic rings. The maximum absolute atomic E-state index is 12.0. The zero-order chi connectivity index (χ0) is 15.6. The number of aromatic nitrogens is 1. The molecule has 1 amide bonds. The predicted molar refractivity (Wildman–Crippen MR) is 77.9 cm³/mol. The molecule has 21 heavy (non-hydrogen) atoms. The van der Waals surface area contributed by atoms with Gasteiger partial charge in [0.2, 0.25) is 0 Å². The molecule has 2 aromatic rings. The van der Waals surface area contributed by atoms with Gasteiger partial charge in [-0.3, -0.25) is 19.7 Å². The van der Waals surface area contributed by atoms with E-state index in [0.29, 0.717) is 0 Å². The third-order valence-corrected chi connectivity index (χ3v) is 3.01. The van der Waals surface area contributed by atoms with Crippen LogP contribution in [0.25, 0.3) is 0 Å². The lowest BCUT2D eigenvalue weighted by molar-refractivity contribution is -0.384. The number of aryl methyl sites for hydroxylation is 1. The number of anilines is 1. The second kappa shape index (κ2) is 5.76. The zero-order valence-electron chi connectivity index (χ0n) is 10.8. The number of carbonyl (C=O) groups is 1. The normalized spacial score (nSPS) is 10.2. The first-order chi connectivity index (χ1) is 9.88. The van der Waals surface area contributed by atoms with Crippen molar-refractivity contribution in [1.82, 2.24) is 4.98 Å². The van der Waals surface area contributed by atoms with E-state index < -0.39 is 16.4 Å². The number of pyridine rings is 1. The van der Waals surface area contributed by atoms with Gasteiger partial charge in [-0.2, -0.15) is 0 Å². The van der Waals surface area contributed by atoms with Crippen molar-refractivity contribution in [2.24, 2.45) is 0 Å². The predicted octanol–water partition coefficient (Wildman–Crippen LogP) is 2.50. The van der Waals surface area contributed by atoms with Gasteiger partial charge < -0.3 is 10.3 Å². The van der Waals surface area contributed by atoms with E-state index in [-0.39, 0.29) is 22.0 Å². The fraction of sp³-hybridized carbons (Fsp3) is 0.0769. The minimum absolute atomic E-state index is 0.0921. The van der Waals surface area contributed by atoms with Crippen molar-refractivity contribution in [3.8, 4) is 0 Å². The van der Waals surface area contributed by atoms with Gasteiger partial charge in [-0.05, 0) is 30.7 Å². The van der Waals surface area contributed by atoms with Crippen LogP contribution in [0, 0.1) is 17.0 Å². The molecule has 2 rings (SSSR count). The van der Waals surface area contributed by atoms with Crippen molar-refractivity contribution >= 4 is 28.9 Å². The fourth-order valence-electron chi connectivity index (χ4n) is 1.68. The van der Waals surface area contributed by atoms with Gasteiger partial charge >= 0.3 is 0 Å². The van der Waals surface area contributed by atoms with E-state index in [1.54, 1.807) is 6.92 Å². The Kier molecular flexibility index (Phi) is 4.04. The topological polar surface area (TPSA) is 105 Å². The van der Waals surface area contributed by atoms with Crippen LogP contribution in [0.15, 0.2) is 35.3 Å². The Morgan fingerprint density at radius 2 is 2.10 bits per heavy atom. The molecule has 0 fully saturated rings. The summed E-state index contributed by atoms with van der Waals surface area (Å²) < 4.78 is 0. The van der Waals surface area contributed by atoms with Gasteiger partial charge in [-0.15, -0.1) is 0 Å². The number of nitrogens with zero attached hydrogens (tertiary/aromatic N) is 1. The third kappa shape index (κ3) is 3.26. The number of carbonyl (C=O) groups excluding carboxylic acids is 1. The third-order valence-electron chi connectivity index (χ3n) is 2.70. The molecule has 0 aliphatic carbocycles. The van der Waals surface area contributed by atoms with Crippen molar-refractivity contribution in [1.29, 1.82) is 0 Å². The lowest BCUT2D eigenvalue weighted by Gasteiger charge is -2.05. The Hall–Kier alpha value is -2.67. The van der Waals surface area contributed by atoms with Gasteiger partial charge in [-0.25, -0.2) is 0 Å². The summed E-state index contributed by atoms with van der Waals surface area (Å²) in [7, 11) is 0. The first-order valence-electron chi connectivity index (χ1n) is 5.83. The van der Waals surface area contributed by atoms with Crippen LogP contribution < -0.4 is 10.9 Å². The van der Waals surface area contributed by atoms with Crippen LogP contribution in [-0.2, 0) is 0 Å². The quantitative estimate of drug-likeness (QED) is 0.671. The van der Waals surface area contributed by atoms with Gasteiger partial charge in [0.1, 0.15) is 10.7 Å². The van der Waals surface area contributed by atoms with Crippen LogP contribution in [0.4, 0.5) is 11.4 Å². The molecule has 0 unspecified atom stereocenters. The number of amides is 1. The van der Waals surface area contributed by atoms with E-state index in [4.69, 9.17) is 11.6 Å². The van der Waals surface area contributed by atoms with Crippen molar-refractivity contribution in [2.45, 2.75) is 6.92 Å². The Morgan fingerprint density at radius 1 is 1.38 bits per heavy atom. The average Bonchev–Trinajstić information content (AvgIpc) is 2.42. The van der Waals surface area contributed by atoms with Gasteiger partial charge in [0.05, 0.1) is 4.92 Å². The Morgan fingerprint density at radius 3 is 2.71 bits per heavy atom.